The highest BCUT2D eigenvalue weighted by Crippen LogP contribution is 2.37. The fourth-order valence-electron chi connectivity index (χ4n) is 3.14. The predicted octanol–water partition coefficient (Wildman–Crippen LogP) is 5.35. The van der Waals surface area contributed by atoms with Crippen LogP contribution in [0.2, 0.25) is 0 Å². The summed E-state index contributed by atoms with van der Waals surface area (Å²) >= 11 is 0. The standard InChI is InChI=1S/C24H22N2O3/c1-16-3-5-17(6-4-16)15-29-20-11-12-21(23(27)13-20)24-22(14-25-26-24)18-7-9-19(28-2)10-8-18/h3-14,27H,15H2,1-2H3,(H,25,26). The molecule has 0 aliphatic carbocycles. The molecular weight excluding hydrogens is 364 g/mol. The minimum absolute atomic E-state index is 0.130. The molecule has 0 amide bonds. The van der Waals surface area contributed by atoms with E-state index in [1.54, 1.807) is 19.4 Å². The van der Waals surface area contributed by atoms with E-state index in [0.717, 1.165) is 28.1 Å². The summed E-state index contributed by atoms with van der Waals surface area (Å²) in [5.74, 6) is 1.53. The van der Waals surface area contributed by atoms with Crippen molar-refractivity contribution in [2.45, 2.75) is 13.5 Å². The topological polar surface area (TPSA) is 67.4 Å². The smallest absolute Gasteiger partial charge is 0.128 e. The van der Waals surface area contributed by atoms with Gasteiger partial charge in [-0.1, -0.05) is 42.0 Å². The lowest BCUT2D eigenvalue weighted by Gasteiger charge is -2.10. The molecule has 5 heteroatoms. The van der Waals surface area contributed by atoms with Gasteiger partial charge in [0.25, 0.3) is 0 Å². The molecule has 2 N–H and O–H groups in total. The Morgan fingerprint density at radius 2 is 1.62 bits per heavy atom. The fraction of sp³-hybridized carbons (Fsp3) is 0.125. The van der Waals surface area contributed by atoms with Crippen LogP contribution < -0.4 is 9.47 Å². The van der Waals surface area contributed by atoms with Crippen LogP contribution in [0.3, 0.4) is 0 Å². The maximum absolute atomic E-state index is 10.6. The maximum Gasteiger partial charge on any atom is 0.128 e. The van der Waals surface area contributed by atoms with Gasteiger partial charge in [0, 0.05) is 17.2 Å². The van der Waals surface area contributed by atoms with Crippen molar-refractivity contribution in [3.63, 3.8) is 0 Å². The molecule has 0 bridgehead atoms. The van der Waals surface area contributed by atoms with Gasteiger partial charge in [-0.2, -0.15) is 5.10 Å². The van der Waals surface area contributed by atoms with E-state index in [-0.39, 0.29) is 5.75 Å². The summed E-state index contributed by atoms with van der Waals surface area (Å²) in [4.78, 5) is 0. The first-order valence-electron chi connectivity index (χ1n) is 9.33. The molecule has 1 heterocycles. The molecule has 0 unspecified atom stereocenters. The van der Waals surface area contributed by atoms with Gasteiger partial charge in [-0.15, -0.1) is 0 Å². The monoisotopic (exact) mass is 386 g/mol. The fourth-order valence-corrected chi connectivity index (χ4v) is 3.14. The molecule has 0 spiro atoms. The first-order chi connectivity index (χ1) is 14.1. The summed E-state index contributed by atoms with van der Waals surface area (Å²) < 4.78 is 11.0. The summed E-state index contributed by atoms with van der Waals surface area (Å²) in [6.07, 6.45) is 1.75. The van der Waals surface area contributed by atoms with E-state index < -0.39 is 0 Å². The zero-order valence-corrected chi connectivity index (χ0v) is 16.3. The molecule has 146 valence electrons. The van der Waals surface area contributed by atoms with E-state index in [1.165, 1.54) is 5.56 Å². The first-order valence-corrected chi connectivity index (χ1v) is 9.33. The number of ether oxygens (including phenoxy) is 2. The van der Waals surface area contributed by atoms with Crippen LogP contribution in [0.5, 0.6) is 17.2 Å². The van der Waals surface area contributed by atoms with Crippen LogP contribution in [0.15, 0.2) is 72.9 Å². The van der Waals surface area contributed by atoms with Crippen LogP contribution in [0.4, 0.5) is 0 Å². The largest absolute Gasteiger partial charge is 0.507 e. The van der Waals surface area contributed by atoms with Crippen molar-refractivity contribution < 1.29 is 14.6 Å². The molecule has 5 nitrogen and oxygen atoms in total. The normalized spacial score (nSPS) is 10.7. The minimum atomic E-state index is 0.130. The number of nitrogens with zero attached hydrogens (tertiary/aromatic N) is 1. The number of phenols is 1. The van der Waals surface area contributed by atoms with Crippen LogP contribution in [-0.4, -0.2) is 22.4 Å². The number of hydrogen-bond acceptors (Lipinski definition) is 4. The second-order valence-corrected chi connectivity index (χ2v) is 6.84. The van der Waals surface area contributed by atoms with Crippen molar-refractivity contribution in [1.82, 2.24) is 10.2 Å². The summed E-state index contributed by atoms with van der Waals surface area (Å²) in [5, 5.41) is 17.8. The molecule has 0 saturated carbocycles. The zero-order chi connectivity index (χ0) is 20.2. The predicted molar refractivity (Wildman–Crippen MR) is 113 cm³/mol. The highest BCUT2D eigenvalue weighted by molar-refractivity contribution is 5.83. The van der Waals surface area contributed by atoms with Crippen molar-refractivity contribution in [3.05, 3.63) is 84.1 Å². The van der Waals surface area contributed by atoms with Crippen molar-refractivity contribution in [2.75, 3.05) is 7.11 Å². The van der Waals surface area contributed by atoms with E-state index >= 15 is 0 Å². The molecule has 0 saturated heterocycles. The lowest BCUT2D eigenvalue weighted by Crippen LogP contribution is -1.95. The Bertz CT molecular complexity index is 1100. The summed E-state index contributed by atoms with van der Waals surface area (Å²) in [6.45, 7) is 2.50. The Kier molecular flexibility index (Phi) is 5.20. The van der Waals surface area contributed by atoms with E-state index in [4.69, 9.17) is 9.47 Å². The molecule has 0 aliphatic heterocycles. The lowest BCUT2D eigenvalue weighted by atomic mass is 10.0. The summed E-state index contributed by atoms with van der Waals surface area (Å²) in [6, 6.07) is 21.2. The Labute approximate surface area is 169 Å². The SMILES string of the molecule is COc1ccc(-c2cn[nH]c2-c2ccc(OCc3ccc(C)cc3)cc2O)cc1. The Morgan fingerprint density at radius 3 is 2.31 bits per heavy atom. The third-order valence-electron chi connectivity index (χ3n) is 4.81. The molecule has 0 fully saturated rings. The minimum Gasteiger partial charge on any atom is -0.507 e. The number of phenolic OH excluding ortho intramolecular Hbond substituents is 1. The van der Waals surface area contributed by atoms with Crippen molar-refractivity contribution in [2.24, 2.45) is 0 Å². The van der Waals surface area contributed by atoms with Crippen molar-refractivity contribution in [1.29, 1.82) is 0 Å². The van der Waals surface area contributed by atoms with Gasteiger partial charge in [0.15, 0.2) is 0 Å². The number of rotatable bonds is 6. The number of aromatic amines is 1. The van der Waals surface area contributed by atoms with Crippen LogP contribution in [0, 0.1) is 6.92 Å². The first kappa shape index (κ1) is 18.6. The third kappa shape index (κ3) is 4.09. The average Bonchev–Trinajstić information content (AvgIpc) is 3.23. The van der Waals surface area contributed by atoms with Gasteiger partial charge in [0.05, 0.1) is 19.0 Å². The Balaban J connectivity index is 1.55. The second kappa shape index (κ2) is 8.10. The van der Waals surface area contributed by atoms with E-state index in [2.05, 4.69) is 29.3 Å². The molecule has 4 aromatic rings. The molecular formula is C24H22N2O3. The highest BCUT2D eigenvalue weighted by Gasteiger charge is 2.14. The van der Waals surface area contributed by atoms with Crippen LogP contribution in [-0.2, 0) is 6.61 Å². The number of aromatic nitrogens is 2. The zero-order valence-electron chi connectivity index (χ0n) is 16.3. The van der Waals surface area contributed by atoms with E-state index in [1.807, 2.05) is 48.5 Å². The Hall–Kier alpha value is -3.73. The maximum atomic E-state index is 10.6. The lowest BCUT2D eigenvalue weighted by molar-refractivity contribution is 0.304. The molecule has 3 aromatic carbocycles. The van der Waals surface area contributed by atoms with Gasteiger partial charge in [-0.25, -0.2) is 0 Å². The number of methoxy groups -OCH3 is 1. The molecule has 29 heavy (non-hydrogen) atoms. The van der Waals surface area contributed by atoms with Gasteiger partial charge >= 0.3 is 0 Å². The summed E-state index contributed by atoms with van der Waals surface area (Å²) in [5.41, 5.74) is 5.58. The second-order valence-electron chi connectivity index (χ2n) is 6.84. The number of aromatic hydroxyl groups is 1. The Morgan fingerprint density at radius 1 is 0.897 bits per heavy atom. The third-order valence-corrected chi connectivity index (χ3v) is 4.81. The van der Waals surface area contributed by atoms with E-state index in [0.29, 0.717) is 17.9 Å². The average molecular weight is 386 g/mol. The van der Waals surface area contributed by atoms with Gasteiger partial charge in [0.1, 0.15) is 23.9 Å². The molecule has 0 radical (unpaired) electrons. The molecule has 4 rings (SSSR count). The van der Waals surface area contributed by atoms with Crippen molar-refractivity contribution in [3.8, 4) is 39.6 Å². The molecule has 0 atom stereocenters. The number of nitrogens with one attached hydrogen (secondary N) is 1. The highest BCUT2D eigenvalue weighted by atomic mass is 16.5. The van der Waals surface area contributed by atoms with Gasteiger partial charge < -0.3 is 14.6 Å². The molecule has 1 aromatic heterocycles. The van der Waals surface area contributed by atoms with Crippen LogP contribution in [0.25, 0.3) is 22.4 Å². The number of benzene rings is 3. The van der Waals surface area contributed by atoms with Crippen LogP contribution in [0.1, 0.15) is 11.1 Å². The van der Waals surface area contributed by atoms with Gasteiger partial charge in [-0.05, 0) is 42.3 Å². The van der Waals surface area contributed by atoms with Crippen molar-refractivity contribution >= 4 is 0 Å². The van der Waals surface area contributed by atoms with Gasteiger partial charge in [0.2, 0.25) is 0 Å². The number of H-pyrrole nitrogens is 1. The van der Waals surface area contributed by atoms with E-state index in [9.17, 15) is 5.11 Å². The summed E-state index contributed by atoms with van der Waals surface area (Å²) in [7, 11) is 1.64. The van der Waals surface area contributed by atoms with Gasteiger partial charge in [-0.3, -0.25) is 5.10 Å². The molecule has 0 aliphatic rings. The van der Waals surface area contributed by atoms with Crippen LogP contribution >= 0.6 is 0 Å². The quantitative estimate of drug-likeness (QED) is 0.469. The number of aryl methyl sites for hydroxylation is 1. The number of hydrogen-bond donors (Lipinski definition) is 2.